The van der Waals surface area contributed by atoms with Gasteiger partial charge in [-0.3, -0.25) is 0 Å². The molecule has 0 aliphatic carbocycles. The number of benzene rings is 2. The van der Waals surface area contributed by atoms with E-state index in [0.29, 0.717) is 0 Å². The van der Waals surface area contributed by atoms with Crippen LogP contribution in [0.3, 0.4) is 0 Å². The van der Waals surface area contributed by atoms with E-state index in [-0.39, 0.29) is 12.4 Å². The minimum atomic E-state index is 0. The van der Waals surface area contributed by atoms with E-state index in [9.17, 15) is 0 Å². The van der Waals surface area contributed by atoms with Crippen LogP contribution in [-0.2, 0) is 0 Å². The molecular formula is C25H31ClO2S2. The molecule has 0 saturated carbocycles. The second kappa shape index (κ2) is 13.6. The summed E-state index contributed by atoms with van der Waals surface area (Å²) in [4.78, 5) is 2.59. The van der Waals surface area contributed by atoms with E-state index in [1.807, 2.05) is 20.7 Å². The van der Waals surface area contributed by atoms with Crippen molar-refractivity contribution in [1.82, 2.24) is 0 Å². The zero-order chi connectivity index (χ0) is 20.3. The van der Waals surface area contributed by atoms with Gasteiger partial charge < -0.3 is 21.9 Å². The molecule has 0 saturated heterocycles. The van der Waals surface area contributed by atoms with Crippen LogP contribution >= 0.6 is 20.7 Å². The highest BCUT2D eigenvalue weighted by molar-refractivity contribution is 7.72. The molecule has 0 fully saturated rings. The summed E-state index contributed by atoms with van der Waals surface area (Å²) in [5, 5.41) is 0. The predicted molar refractivity (Wildman–Crippen MR) is 128 cm³/mol. The van der Waals surface area contributed by atoms with Gasteiger partial charge in [-0.05, 0) is 66.9 Å². The third-order valence-corrected chi connectivity index (χ3v) is 7.27. The van der Waals surface area contributed by atoms with Crippen molar-refractivity contribution in [2.45, 2.75) is 52.4 Å². The van der Waals surface area contributed by atoms with Crippen molar-refractivity contribution in [3.63, 3.8) is 0 Å². The van der Waals surface area contributed by atoms with Crippen molar-refractivity contribution in [1.29, 1.82) is 0 Å². The third kappa shape index (κ3) is 7.57. The van der Waals surface area contributed by atoms with E-state index in [0.717, 1.165) is 37.6 Å². The van der Waals surface area contributed by atoms with Crippen LogP contribution in [-0.4, -0.2) is 13.2 Å². The van der Waals surface area contributed by atoms with E-state index < -0.39 is 0 Å². The van der Waals surface area contributed by atoms with Crippen molar-refractivity contribution in [3.8, 4) is 32.4 Å². The first-order valence-electron chi connectivity index (χ1n) is 10.7. The molecule has 0 aliphatic heterocycles. The van der Waals surface area contributed by atoms with Crippen molar-refractivity contribution in [2.75, 3.05) is 13.2 Å². The summed E-state index contributed by atoms with van der Waals surface area (Å²) in [7, 11) is 3.64. The SMILES string of the molecule is CCCCCOc1ccc(-c2cc(-c3ccc(OCCCCC)cc3)[s+]s2)cc1.[Cl-]. The molecule has 0 bridgehead atoms. The van der Waals surface area contributed by atoms with Gasteiger partial charge in [0.15, 0.2) is 10.3 Å². The molecule has 0 unspecified atom stereocenters. The van der Waals surface area contributed by atoms with Crippen LogP contribution < -0.4 is 21.9 Å². The quantitative estimate of drug-likeness (QED) is 0.199. The summed E-state index contributed by atoms with van der Waals surface area (Å²) in [6.45, 7) is 6.02. The van der Waals surface area contributed by atoms with Crippen LogP contribution in [0.4, 0.5) is 0 Å². The summed E-state index contributed by atoms with van der Waals surface area (Å²) in [6.07, 6.45) is 7.14. The minimum Gasteiger partial charge on any atom is -1.00 e. The fourth-order valence-electron chi connectivity index (χ4n) is 3.03. The highest BCUT2D eigenvalue weighted by atomic mass is 35.5. The Bertz CT molecular complexity index is 774. The molecule has 0 atom stereocenters. The topological polar surface area (TPSA) is 18.5 Å². The standard InChI is InChI=1S/C25H31O2S2.ClH/c1-3-5-7-17-26-22-13-9-20(10-14-22)24-19-25(29-28-24)21-11-15-23(16-12-21)27-18-8-6-4-2;/h9-16,19H,3-8,17-18H2,1-2H3;1H/q+1;/p-1. The fourth-order valence-corrected chi connectivity index (χ4v) is 5.49. The molecule has 30 heavy (non-hydrogen) atoms. The summed E-state index contributed by atoms with van der Waals surface area (Å²) in [5.74, 6) is 1.92. The van der Waals surface area contributed by atoms with Crippen LogP contribution in [0.2, 0.25) is 0 Å². The van der Waals surface area contributed by atoms with Gasteiger partial charge in [0.05, 0.1) is 18.1 Å². The first-order valence-corrected chi connectivity index (χ1v) is 12.8. The second-order valence-corrected chi connectivity index (χ2v) is 9.41. The molecule has 162 valence electrons. The number of hydrogen-bond acceptors (Lipinski definition) is 3. The van der Waals surface area contributed by atoms with E-state index in [4.69, 9.17) is 9.47 Å². The lowest BCUT2D eigenvalue weighted by Gasteiger charge is -2.05. The summed E-state index contributed by atoms with van der Waals surface area (Å²) < 4.78 is 11.6. The Labute approximate surface area is 194 Å². The van der Waals surface area contributed by atoms with Crippen LogP contribution in [0.15, 0.2) is 54.6 Å². The molecule has 0 N–H and O–H groups in total. The molecule has 0 aliphatic rings. The van der Waals surface area contributed by atoms with Crippen LogP contribution in [0.5, 0.6) is 11.5 Å². The van der Waals surface area contributed by atoms with E-state index >= 15 is 0 Å². The van der Waals surface area contributed by atoms with Crippen molar-refractivity contribution in [2.24, 2.45) is 0 Å². The zero-order valence-electron chi connectivity index (χ0n) is 17.9. The first kappa shape index (κ1) is 24.6. The van der Waals surface area contributed by atoms with Crippen LogP contribution in [0, 0.1) is 0 Å². The summed E-state index contributed by atoms with van der Waals surface area (Å²) in [6, 6.07) is 19.2. The summed E-state index contributed by atoms with van der Waals surface area (Å²) >= 11 is 0. The molecule has 3 rings (SSSR count). The lowest BCUT2D eigenvalue weighted by Crippen LogP contribution is -3.00. The minimum absolute atomic E-state index is 0. The number of unbranched alkanes of at least 4 members (excludes halogenated alkanes) is 4. The molecule has 2 nitrogen and oxygen atoms in total. The van der Waals surface area contributed by atoms with Crippen LogP contribution in [0.1, 0.15) is 52.4 Å². The normalized spacial score (nSPS) is 10.5. The van der Waals surface area contributed by atoms with Crippen molar-refractivity contribution < 1.29 is 21.9 Å². The Morgan fingerprint density at radius 1 is 0.700 bits per heavy atom. The van der Waals surface area contributed by atoms with Gasteiger partial charge in [0, 0.05) is 11.6 Å². The zero-order valence-corrected chi connectivity index (χ0v) is 20.3. The van der Waals surface area contributed by atoms with Gasteiger partial charge in [-0.1, -0.05) is 39.5 Å². The Kier molecular flexibility index (Phi) is 11.2. The van der Waals surface area contributed by atoms with E-state index in [1.165, 1.54) is 46.6 Å². The Morgan fingerprint density at radius 2 is 1.20 bits per heavy atom. The highest BCUT2D eigenvalue weighted by Crippen LogP contribution is 2.38. The molecule has 1 heterocycles. The number of halogens is 1. The Morgan fingerprint density at radius 3 is 1.70 bits per heavy atom. The molecule has 2 aromatic carbocycles. The van der Waals surface area contributed by atoms with Gasteiger partial charge in [-0.25, -0.2) is 0 Å². The Balaban J connectivity index is 0.00000320. The number of rotatable bonds is 12. The molecule has 0 radical (unpaired) electrons. The summed E-state index contributed by atoms with van der Waals surface area (Å²) in [5.41, 5.74) is 2.49. The molecule has 3 aromatic rings. The third-order valence-electron chi connectivity index (χ3n) is 4.79. The van der Waals surface area contributed by atoms with E-state index in [1.54, 1.807) is 0 Å². The first-order chi connectivity index (χ1) is 14.3. The smallest absolute Gasteiger partial charge is 0.301 e. The average Bonchev–Trinajstić information content (AvgIpc) is 3.25. The maximum atomic E-state index is 5.82. The maximum absolute atomic E-state index is 5.82. The van der Waals surface area contributed by atoms with E-state index in [2.05, 4.69) is 68.4 Å². The highest BCUT2D eigenvalue weighted by Gasteiger charge is 2.17. The maximum Gasteiger partial charge on any atom is 0.301 e. The van der Waals surface area contributed by atoms with Gasteiger partial charge in [0.2, 0.25) is 0 Å². The fraction of sp³-hybridized carbons (Fsp3) is 0.400. The lowest BCUT2D eigenvalue weighted by atomic mass is 10.1. The number of hydrogen-bond donors (Lipinski definition) is 0. The molecule has 5 heteroatoms. The second-order valence-electron chi connectivity index (χ2n) is 7.20. The largest absolute Gasteiger partial charge is 1.00 e. The molecule has 0 spiro atoms. The van der Waals surface area contributed by atoms with Crippen LogP contribution in [0.25, 0.3) is 20.9 Å². The van der Waals surface area contributed by atoms with Crippen molar-refractivity contribution in [3.05, 3.63) is 54.6 Å². The lowest BCUT2D eigenvalue weighted by molar-refractivity contribution is -0.00000671. The Hall–Kier alpha value is -1.62. The monoisotopic (exact) mass is 462 g/mol. The number of ether oxygens (including phenoxy) is 2. The van der Waals surface area contributed by atoms with Gasteiger partial charge in [0.25, 0.3) is 4.88 Å². The van der Waals surface area contributed by atoms with Gasteiger partial charge in [-0.2, -0.15) is 0 Å². The van der Waals surface area contributed by atoms with Gasteiger partial charge in [0.1, 0.15) is 11.5 Å². The van der Waals surface area contributed by atoms with Gasteiger partial charge in [-0.15, -0.1) is 0 Å². The van der Waals surface area contributed by atoms with Crippen molar-refractivity contribution >= 4 is 20.7 Å². The molecule has 0 amide bonds. The van der Waals surface area contributed by atoms with Gasteiger partial charge >= 0.3 is 10.3 Å². The molecular weight excluding hydrogens is 432 g/mol. The predicted octanol–water partition coefficient (Wildman–Crippen LogP) is 5.57. The average molecular weight is 463 g/mol. The molecule has 1 aromatic heterocycles.